The van der Waals surface area contributed by atoms with Gasteiger partial charge in [0.15, 0.2) is 0 Å². The van der Waals surface area contributed by atoms with Crippen molar-refractivity contribution in [3.8, 4) is 0 Å². The summed E-state index contributed by atoms with van der Waals surface area (Å²) in [5, 5.41) is 2.42. The van der Waals surface area contributed by atoms with E-state index in [9.17, 15) is 0 Å². The molecule has 14 heavy (non-hydrogen) atoms. The van der Waals surface area contributed by atoms with Crippen LogP contribution in [-0.4, -0.2) is 14.1 Å². The SMILES string of the molecule is CN(C)c1[c-]c2ccccc2cc1.[Li+]. The number of rotatable bonds is 1. The maximum absolute atomic E-state index is 3.35. The van der Waals surface area contributed by atoms with E-state index < -0.39 is 0 Å². The average Bonchev–Trinajstić information content (AvgIpc) is 2.17. The number of nitrogens with zero attached hydrogens (tertiary/aromatic N) is 1. The molecule has 0 N–H and O–H groups in total. The molecule has 0 fully saturated rings. The van der Waals surface area contributed by atoms with E-state index in [1.165, 1.54) is 10.8 Å². The van der Waals surface area contributed by atoms with E-state index in [-0.39, 0.29) is 18.9 Å². The van der Waals surface area contributed by atoms with Crippen molar-refractivity contribution >= 4 is 16.5 Å². The first-order valence-electron chi connectivity index (χ1n) is 4.36. The van der Waals surface area contributed by atoms with Gasteiger partial charge in [-0.2, -0.15) is 0 Å². The molecule has 0 aromatic heterocycles. The second kappa shape index (κ2) is 4.55. The predicted octanol–water partition coefficient (Wildman–Crippen LogP) is -0.290. The first-order chi connectivity index (χ1) is 6.27. The summed E-state index contributed by atoms with van der Waals surface area (Å²) in [6, 6.07) is 15.8. The smallest absolute Gasteiger partial charge is 0.394 e. The minimum absolute atomic E-state index is 0. The maximum Gasteiger partial charge on any atom is 1.00 e. The van der Waals surface area contributed by atoms with E-state index in [4.69, 9.17) is 0 Å². The van der Waals surface area contributed by atoms with Crippen LogP contribution in [0.1, 0.15) is 0 Å². The maximum atomic E-state index is 3.35. The number of hydrogen-bond donors (Lipinski definition) is 0. The summed E-state index contributed by atoms with van der Waals surface area (Å²) in [4.78, 5) is 2.06. The molecule has 0 aliphatic rings. The van der Waals surface area contributed by atoms with Gasteiger partial charge in [0, 0.05) is 14.1 Å². The Labute approximate surface area is 96.9 Å². The minimum atomic E-state index is 0. The van der Waals surface area contributed by atoms with E-state index in [0.717, 1.165) is 5.69 Å². The van der Waals surface area contributed by atoms with Gasteiger partial charge in [0.25, 0.3) is 0 Å². The van der Waals surface area contributed by atoms with E-state index >= 15 is 0 Å². The molecular weight excluding hydrogens is 165 g/mol. The minimum Gasteiger partial charge on any atom is -0.394 e. The molecule has 0 spiro atoms. The fourth-order valence-corrected chi connectivity index (χ4v) is 1.37. The first kappa shape index (κ1) is 11.2. The molecule has 0 amide bonds. The molecule has 0 bridgehead atoms. The van der Waals surface area contributed by atoms with Gasteiger partial charge in [-0.15, -0.1) is 41.1 Å². The Hall–Kier alpha value is -0.903. The number of anilines is 1. The van der Waals surface area contributed by atoms with E-state index in [0.29, 0.717) is 0 Å². The molecule has 0 unspecified atom stereocenters. The summed E-state index contributed by atoms with van der Waals surface area (Å²) < 4.78 is 0. The van der Waals surface area contributed by atoms with Gasteiger partial charge in [0.05, 0.1) is 0 Å². The third-order valence-electron chi connectivity index (χ3n) is 2.13. The Kier molecular flexibility index (Phi) is 3.63. The van der Waals surface area contributed by atoms with Gasteiger partial charge in [0.1, 0.15) is 0 Å². The summed E-state index contributed by atoms with van der Waals surface area (Å²) >= 11 is 0. The largest absolute Gasteiger partial charge is 1.00 e. The van der Waals surface area contributed by atoms with Crippen LogP contribution in [0.15, 0.2) is 36.4 Å². The third-order valence-corrected chi connectivity index (χ3v) is 2.13. The van der Waals surface area contributed by atoms with Gasteiger partial charge >= 0.3 is 18.9 Å². The zero-order valence-corrected chi connectivity index (χ0v) is 8.91. The summed E-state index contributed by atoms with van der Waals surface area (Å²) in [5.74, 6) is 0. The van der Waals surface area contributed by atoms with Crippen LogP contribution in [0, 0.1) is 6.07 Å². The molecule has 0 atom stereocenters. The van der Waals surface area contributed by atoms with Crippen molar-refractivity contribution in [1.29, 1.82) is 0 Å². The van der Waals surface area contributed by atoms with Gasteiger partial charge in [-0.05, 0) is 5.69 Å². The fourth-order valence-electron chi connectivity index (χ4n) is 1.37. The molecule has 66 valence electrons. The number of hydrogen-bond acceptors (Lipinski definition) is 1. The van der Waals surface area contributed by atoms with E-state index in [1.54, 1.807) is 0 Å². The Morgan fingerprint density at radius 3 is 2.43 bits per heavy atom. The monoisotopic (exact) mass is 177 g/mol. The van der Waals surface area contributed by atoms with Crippen LogP contribution in [0.2, 0.25) is 0 Å². The summed E-state index contributed by atoms with van der Waals surface area (Å²) in [7, 11) is 4.06. The van der Waals surface area contributed by atoms with Crippen LogP contribution in [0.25, 0.3) is 10.8 Å². The van der Waals surface area contributed by atoms with Gasteiger partial charge in [0.2, 0.25) is 0 Å². The van der Waals surface area contributed by atoms with Gasteiger partial charge in [-0.3, -0.25) is 0 Å². The first-order valence-corrected chi connectivity index (χ1v) is 4.36. The predicted molar refractivity (Wildman–Crippen MR) is 57.1 cm³/mol. The number of benzene rings is 2. The van der Waals surface area contributed by atoms with Crippen LogP contribution in [-0.2, 0) is 0 Å². The van der Waals surface area contributed by atoms with Crippen molar-refractivity contribution in [3.63, 3.8) is 0 Å². The molecular formula is C12H12LiN. The van der Waals surface area contributed by atoms with E-state index in [1.807, 2.05) is 26.2 Å². The van der Waals surface area contributed by atoms with Crippen molar-refractivity contribution in [2.24, 2.45) is 0 Å². The number of fused-ring (bicyclic) bond motifs is 1. The summed E-state index contributed by atoms with van der Waals surface area (Å²) in [6.45, 7) is 0. The van der Waals surface area contributed by atoms with Crippen molar-refractivity contribution in [3.05, 3.63) is 42.5 Å². The van der Waals surface area contributed by atoms with Crippen molar-refractivity contribution < 1.29 is 18.9 Å². The average molecular weight is 177 g/mol. The molecule has 0 heterocycles. The molecule has 0 radical (unpaired) electrons. The molecule has 2 aromatic rings. The molecule has 2 rings (SSSR count). The van der Waals surface area contributed by atoms with E-state index in [2.05, 4.69) is 35.2 Å². The molecule has 0 aliphatic heterocycles. The van der Waals surface area contributed by atoms with Crippen LogP contribution in [0.5, 0.6) is 0 Å². The quantitative estimate of drug-likeness (QED) is 0.427. The molecule has 0 saturated heterocycles. The van der Waals surface area contributed by atoms with Gasteiger partial charge < -0.3 is 4.90 Å². The normalized spacial score (nSPS) is 9.57. The zero-order valence-electron chi connectivity index (χ0n) is 8.91. The Morgan fingerprint density at radius 2 is 1.71 bits per heavy atom. The fraction of sp³-hybridized carbons (Fsp3) is 0.167. The van der Waals surface area contributed by atoms with Crippen molar-refractivity contribution in [2.75, 3.05) is 19.0 Å². The van der Waals surface area contributed by atoms with Crippen LogP contribution in [0.4, 0.5) is 5.69 Å². The molecule has 2 aromatic carbocycles. The van der Waals surface area contributed by atoms with Gasteiger partial charge in [-0.1, -0.05) is 12.1 Å². The molecule has 2 heteroatoms. The van der Waals surface area contributed by atoms with Crippen LogP contribution >= 0.6 is 0 Å². The van der Waals surface area contributed by atoms with Crippen LogP contribution in [0.3, 0.4) is 0 Å². The van der Waals surface area contributed by atoms with Crippen LogP contribution < -0.4 is 23.8 Å². The Balaban J connectivity index is 0.000000980. The Bertz CT molecular complexity index is 423. The molecule has 0 aliphatic carbocycles. The standard InChI is InChI=1S/C12H12N.Li/c1-13(2)12-8-7-10-5-3-4-6-11(10)9-12;/h3-8H,1-2H3;/q-1;+1. The Morgan fingerprint density at radius 1 is 1.00 bits per heavy atom. The second-order valence-electron chi connectivity index (χ2n) is 3.33. The van der Waals surface area contributed by atoms with Crippen molar-refractivity contribution in [2.45, 2.75) is 0 Å². The van der Waals surface area contributed by atoms with Crippen molar-refractivity contribution in [1.82, 2.24) is 0 Å². The molecule has 1 nitrogen and oxygen atoms in total. The topological polar surface area (TPSA) is 3.24 Å². The molecule has 0 saturated carbocycles. The second-order valence-corrected chi connectivity index (χ2v) is 3.33. The summed E-state index contributed by atoms with van der Waals surface area (Å²) in [6.07, 6.45) is 0. The third kappa shape index (κ3) is 2.12. The zero-order chi connectivity index (χ0) is 9.26. The van der Waals surface area contributed by atoms with Gasteiger partial charge in [-0.25, -0.2) is 0 Å². The summed E-state index contributed by atoms with van der Waals surface area (Å²) in [5.41, 5.74) is 1.12.